The summed E-state index contributed by atoms with van der Waals surface area (Å²) in [5.74, 6) is 1.34. The largest absolute Gasteiger partial charge is 0.457 e. The molecule has 0 saturated carbocycles. The summed E-state index contributed by atoms with van der Waals surface area (Å²) >= 11 is 0. The Hall–Kier alpha value is -3.31. The van der Waals surface area contributed by atoms with Gasteiger partial charge >= 0.3 is 0 Å². The van der Waals surface area contributed by atoms with E-state index < -0.39 is 0 Å². The number of carbonyl (C=O) groups is 1. The van der Waals surface area contributed by atoms with Crippen molar-refractivity contribution in [2.75, 3.05) is 11.6 Å². The topological polar surface area (TPSA) is 61.8 Å². The number of ether oxygens (including phenoxy) is 1. The van der Waals surface area contributed by atoms with Crippen LogP contribution >= 0.6 is 0 Å². The summed E-state index contributed by atoms with van der Waals surface area (Å²) in [5, 5.41) is 14.8. The van der Waals surface area contributed by atoms with Gasteiger partial charge in [0.15, 0.2) is 0 Å². The zero-order chi connectivity index (χ0) is 26.1. The molecule has 0 spiro atoms. The Morgan fingerprint density at radius 2 is 1.38 bits per heavy atom. The third-order valence-electron chi connectivity index (χ3n) is 6.46. The van der Waals surface area contributed by atoms with Crippen molar-refractivity contribution >= 4 is 11.6 Å². The molecule has 0 aliphatic rings. The van der Waals surface area contributed by atoms with Gasteiger partial charge in [0.1, 0.15) is 11.5 Å². The van der Waals surface area contributed by atoms with Crippen molar-refractivity contribution in [3.63, 3.8) is 0 Å². The number of para-hydroxylation sites is 1. The van der Waals surface area contributed by atoms with Gasteiger partial charge in [0.2, 0.25) is 0 Å². The summed E-state index contributed by atoms with van der Waals surface area (Å²) in [5.41, 5.74) is 2.17. The Kier molecular flexibility index (Phi) is 12.6. The Morgan fingerprint density at radius 1 is 0.757 bits per heavy atom. The van der Waals surface area contributed by atoms with Crippen LogP contribution in [0.15, 0.2) is 78.9 Å². The molecular formula is C32H42N2O3. The summed E-state index contributed by atoms with van der Waals surface area (Å²) in [6.45, 7) is 3.27. The minimum absolute atomic E-state index is 0.0471. The Balaban J connectivity index is 1.35. The first-order valence-electron chi connectivity index (χ1n) is 13.8. The summed E-state index contributed by atoms with van der Waals surface area (Å²) in [4.78, 5) is 12.5. The van der Waals surface area contributed by atoms with Gasteiger partial charge in [-0.1, -0.05) is 101 Å². The predicted octanol–water partition coefficient (Wildman–Crippen LogP) is 8.53. The smallest absolute Gasteiger partial charge is 0.251 e. The van der Waals surface area contributed by atoms with Crippen LogP contribution in [0.5, 0.6) is 11.5 Å². The molecule has 0 aliphatic heterocycles. The van der Waals surface area contributed by atoms with Crippen molar-refractivity contribution in [2.24, 2.45) is 0 Å². The van der Waals surface area contributed by atoms with Crippen molar-refractivity contribution in [1.82, 2.24) is 5.32 Å². The molecule has 0 aromatic heterocycles. The second-order valence-electron chi connectivity index (χ2n) is 9.60. The number of carbonyl (C=O) groups excluding carboxylic acids is 1. The molecule has 0 aliphatic carbocycles. The third kappa shape index (κ3) is 10.7. The molecule has 0 unspecified atom stereocenters. The van der Waals surface area contributed by atoms with Crippen LogP contribution in [-0.4, -0.2) is 17.7 Å². The van der Waals surface area contributed by atoms with E-state index in [2.05, 4.69) is 12.2 Å². The van der Waals surface area contributed by atoms with E-state index in [1.807, 2.05) is 72.8 Å². The van der Waals surface area contributed by atoms with Crippen LogP contribution in [0, 0.1) is 0 Å². The molecule has 0 saturated heterocycles. The Bertz CT molecular complexity index is 1040. The molecule has 37 heavy (non-hydrogen) atoms. The number of nitrogens with one attached hydrogen (secondary N) is 1. The predicted molar refractivity (Wildman–Crippen MR) is 152 cm³/mol. The number of hydrogen-bond donors (Lipinski definition) is 2. The maximum absolute atomic E-state index is 12.5. The molecular weight excluding hydrogens is 460 g/mol. The van der Waals surface area contributed by atoms with Gasteiger partial charge in [-0.15, -0.1) is 0 Å². The molecule has 0 fully saturated rings. The van der Waals surface area contributed by atoms with Crippen LogP contribution in [-0.2, 0) is 6.54 Å². The molecule has 3 aromatic carbocycles. The van der Waals surface area contributed by atoms with Gasteiger partial charge in [-0.2, -0.15) is 0 Å². The van der Waals surface area contributed by atoms with Crippen molar-refractivity contribution < 1.29 is 14.7 Å². The van der Waals surface area contributed by atoms with E-state index in [0.29, 0.717) is 30.1 Å². The van der Waals surface area contributed by atoms with E-state index in [9.17, 15) is 10.0 Å². The number of benzene rings is 3. The highest BCUT2D eigenvalue weighted by molar-refractivity contribution is 5.94. The van der Waals surface area contributed by atoms with Gasteiger partial charge in [-0.25, -0.2) is 0 Å². The van der Waals surface area contributed by atoms with Gasteiger partial charge in [0, 0.05) is 18.2 Å². The zero-order valence-corrected chi connectivity index (χ0v) is 22.2. The maximum Gasteiger partial charge on any atom is 0.251 e. The number of hydroxylamine groups is 1. The summed E-state index contributed by atoms with van der Waals surface area (Å²) in [6, 6.07) is 24.2. The number of unbranched alkanes of at least 4 members (excludes halogenated alkanes) is 9. The van der Waals surface area contributed by atoms with Gasteiger partial charge < -0.3 is 10.1 Å². The quantitative estimate of drug-likeness (QED) is 0.143. The van der Waals surface area contributed by atoms with E-state index in [4.69, 9.17) is 4.74 Å². The van der Waals surface area contributed by atoms with Crippen LogP contribution in [0.4, 0.5) is 5.69 Å². The molecule has 5 heteroatoms. The molecule has 1 amide bonds. The van der Waals surface area contributed by atoms with Crippen LogP contribution in [0.1, 0.15) is 87.1 Å². The molecule has 0 atom stereocenters. The lowest BCUT2D eigenvalue weighted by Crippen LogP contribution is -2.24. The first-order valence-corrected chi connectivity index (χ1v) is 13.8. The fraction of sp³-hybridized carbons (Fsp3) is 0.406. The minimum atomic E-state index is -0.0471. The van der Waals surface area contributed by atoms with Gasteiger partial charge in [-0.3, -0.25) is 15.1 Å². The normalized spacial score (nSPS) is 10.8. The van der Waals surface area contributed by atoms with Gasteiger partial charge in [0.05, 0.1) is 12.2 Å². The third-order valence-corrected chi connectivity index (χ3v) is 6.46. The summed E-state index contributed by atoms with van der Waals surface area (Å²) in [7, 11) is 0. The number of hydrogen-bond acceptors (Lipinski definition) is 4. The Labute approximate surface area is 222 Å². The molecule has 2 N–H and O–H groups in total. The average molecular weight is 503 g/mol. The highest BCUT2D eigenvalue weighted by atomic mass is 16.5. The highest BCUT2D eigenvalue weighted by Crippen LogP contribution is 2.26. The molecule has 5 nitrogen and oxygen atoms in total. The lowest BCUT2D eigenvalue weighted by molar-refractivity contribution is 0.0953. The lowest BCUT2D eigenvalue weighted by atomic mass is 10.1. The van der Waals surface area contributed by atoms with E-state index in [-0.39, 0.29) is 5.91 Å². The fourth-order valence-corrected chi connectivity index (χ4v) is 4.27. The van der Waals surface area contributed by atoms with Crippen molar-refractivity contribution in [2.45, 2.75) is 77.7 Å². The molecule has 198 valence electrons. The second-order valence-corrected chi connectivity index (χ2v) is 9.60. The lowest BCUT2D eigenvalue weighted by Gasteiger charge is -2.18. The molecule has 3 rings (SSSR count). The van der Waals surface area contributed by atoms with E-state index >= 15 is 0 Å². The monoisotopic (exact) mass is 502 g/mol. The number of rotatable bonds is 17. The van der Waals surface area contributed by atoms with Crippen LogP contribution in [0.2, 0.25) is 0 Å². The van der Waals surface area contributed by atoms with Crippen molar-refractivity contribution in [3.8, 4) is 11.5 Å². The number of nitrogens with zero attached hydrogens (tertiary/aromatic N) is 1. The standard InChI is InChI=1S/C32H42N2O3/c1-2-3-4-5-6-7-8-9-10-14-24-33-32(35)28-22-20-27(21-23-28)26-34(36)29-16-15-19-31(25-29)37-30-17-12-11-13-18-30/h11-13,15-23,25,36H,2-10,14,24,26H2,1H3,(H,33,35). The van der Waals surface area contributed by atoms with E-state index in [1.165, 1.54) is 56.4 Å². The summed E-state index contributed by atoms with van der Waals surface area (Å²) < 4.78 is 5.86. The maximum atomic E-state index is 12.5. The van der Waals surface area contributed by atoms with Gasteiger partial charge in [0.25, 0.3) is 5.91 Å². The number of amides is 1. The molecule has 3 aromatic rings. The first-order chi connectivity index (χ1) is 18.2. The second kappa shape index (κ2) is 16.4. The van der Waals surface area contributed by atoms with E-state index in [0.717, 1.165) is 24.2 Å². The first kappa shape index (κ1) is 28.3. The van der Waals surface area contributed by atoms with Gasteiger partial charge in [-0.05, 0) is 48.4 Å². The molecule has 0 bridgehead atoms. The summed E-state index contributed by atoms with van der Waals surface area (Å²) in [6.07, 6.45) is 12.8. The minimum Gasteiger partial charge on any atom is -0.457 e. The molecule has 0 radical (unpaired) electrons. The van der Waals surface area contributed by atoms with E-state index in [1.54, 1.807) is 6.07 Å². The van der Waals surface area contributed by atoms with Crippen LogP contribution < -0.4 is 15.1 Å². The van der Waals surface area contributed by atoms with Crippen LogP contribution in [0.3, 0.4) is 0 Å². The molecule has 0 heterocycles. The van der Waals surface area contributed by atoms with Crippen molar-refractivity contribution in [3.05, 3.63) is 90.0 Å². The van der Waals surface area contributed by atoms with Crippen molar-refractivity contribution in [1.29, 1.82) is 0 Å². The Morgan fingerprint density at radius 3 is 2.05 bits per heavy atom. The highest BCUT2D eigenvalue weighted by Gasteiger charge is 2.09. The zero-order valence-electron chi connectivity index (χ0n) is 22.2. The number of anilines is 1. The fourth-order valence-electron chi connectivity index (χ4n) is 4.27. The average Bonchev–Trinajstić information content (AvgIpc) is 2.92. The van der Waals surface area contributed by atoms with Crippen LogP contribution in [0.25, 0.3) is 0 Å². The SMILES string of the molecule is CCCCCCCCCCCCNC(=O)c1ccc(CN(O)c2cccc(Oc3ccccc3)c2)cc1.